The van der Waals surface area contributed by atoms with E-state index in [9.17, 15) is 5.11 Å². The van der Waals surface area contributed by atoms with Gasteiger partial charge in [-0.05, 0) is 18.9 Å². The minimum absolute atomic E-state index is 0.250. The lowest BCUT2D eigenvalue weighted by molar-refractivity contribution is -0.122. The Morgan fingerprint density at radius 1 is 1.25 bits per heavy atom. The van der Waals surface area contributed by atoms with E-state index in [1.54, 1.807) is 12.4 Å². The first-order chi connectivity index (χ1) is 13.7. The third-order valence-corrected chi connectivity index (χ3v) is 4.31. The number of nitrogens with zero attached hydrogens (tertiary/aromatic N) is 4. The van der Waals surface area contributed by atoms with Gasteiger partial charge in [0.2, 0.25) is 5.95 Å². The van der Waals surface area contributed by atoms with Crippen LogP contribution < -0.4 is 10.2 Å². The minimum atomic E-state index is -0.293. The molecule has 1 saturated heterocycles. The van der Waals surface area contributed by atoms with Gasteiger partial charge in [0.1, 0.15) is 5.82 Å². The van der Waals surface area contributed by atoms with Crippen LogP contribution >= 0.6 is 0 Å². The summed E-state index contributed by atoms with van der Waals surface area (Å²) in [7, 11) is 0. The number of β-amino-alcohol motifs (C(OH)–C–C–N with tert-alkyl or cyclic N) is 1. The smallest absolute Gasteiger partial charge is 0.290 e. The van der Waals surface area contributed by atoms with Crippen LogP contribution in [-0.4, -0.2) is 56.0 Å². The molecule has 0 radical (unpaired) electrons. The Morgan fingerprint density at radius 3 is 2.79 bits per heavy atom. The molecule has 0 spiro atoms. The number of H-pyrrole nitrogens is 1. The van der Waals surface area contributed by atoms with Gasteiger partial charge in [0, 0.05) is 24.8 Å². The Hall–Kier alpha value is -3.46. The summed E-state index contributed by atoms with van der Waals surface area (Å²) >= 11 is 0. The molecule has 1 aliphatic heterocycles. The number of aliphatic hydroxyl groups is 1. The SMILES string of the molecule is O=CO.OC1CCCN(c2ccnc(Nc3cn[nH]c3-c3ccccc3)n2)C1. The van der Waals surface area contributed by atoms with E-state index in [4.69, 9.17) is 9.90 Å². The molecule has 2 aromatic heterocycles. The number of rotatable bonds is 4. The number of carbonyl (C=O) groups is 1. The molecule has 0 amide bonds. The van der Waals surface area contributed by atoms with Crippen LogP contribution in [0.25, 0.3) is 11.3 Å². The molecule has 4 rings (SSSR count). The van der Waals surface area contributed by atoms with Crippen molar-refractivity contribution in [2.45, 2.75) is 18.9 Å². The van der Waals surface area contributed by atoms with Crippen molar-refractivity contribution in [2.24, 2.45) is 0 Å². The molecular weight excluding hydrogens is 360 g/mol. The van der Waals surface area contributed by atoms with Crippen LogP contribution in [0.4, 0.5) is 17.5 Å². The van der Waals surface area contributed by atoms with Gasteiger partial charge in [0.05, 0.1) is 23.7 Å². The number of aliphatic hydroxyl groups excluding tert-OH is 1. The molecule has 146 valence electrons. The second kappa shape index (κ2) is 9.47. The van der Waals surface area contributed by atoms with Crippen molar-refractivity contribution < 1.29 is 15.0 Å². The highest BCUT2D eigenvalue weighted by molar-refractivity contribution is 5.76. The Labute approximate surface area is 162 Å². The summed E-state index contributed by atoms with van der Waals surface area (Å²) in [6.45, 7) is 1.26. The number of aromatic nitrogens is 4. The second-order valence-corrected chi connectivity index (χ2v) is 6.24. The summed E-state index contributed by atoms with van der Waals surface area (Å²) in [4.78, 5) is 19.4. The zero-order valence-corrected chi connectivity index (χ0v) is 15.2. The predicted octanol–water partition coefficient (Wildman–Crippen LogP) is 2.27. The largest absolute Gasteiger partial charge is 0.483 e. The maximum absolute atomic E-state index is 9.87. The van der Waals surface area contributed by atoms with Crippen molar-refractivity contribution in [3.8, 4) is 11.3 Å². The zero-order valence-electron chi connectivity index (χ0n) is 15.2. The van der Waals surface area contributed by atoms with Gasteiger partial charge in [-0.15, -0.1) is 0 Å². The average molecular weight is 382 g/mol. The molecule has 1 unspecified atom stereocenters. The van der Waals surface area contributed by atoms with Crippen LogP contribution in [-0.2, 0) is 4.79 Å². The second-order valence-electron chi connectivity index (χ2n) is 6.24. The van der Waals surface area contributed by atoms with E-state index in [0.29, 0.717) is 12.5 Å². The summed E-state index contributed by atoms with van der Waals surface area (Å²) < 4.78 is 0. The number of carboxylic acid groups (broad SMARTS) is 1. The van der Waals surface area contributed by atoms with Gasteiger partial charge in [-0.3, -0.25) is 9.89 Å². The first-order valence-corrected chi connectivity index (χ1v) is 8.91. The van der Waals surface area contributed by atoms with E-state index in [1.807, 2.05) is 36.4 Å². The number of benzene rings is 1. The van der Waals surface area contributed by atoms with Crippen molar-refractivity contribution in [2.75, 3.05) is 23.3 Å². The molecule has 1 aliphatic rings. The van der Waals surface area contributed by atoms with Gasteiger partial charge in [-0.1, -0.05) is 30.3 Å². The minimum Gasteiger partial charge on any atom is -0.483 e. The topological polar surface area (TPSA) is 127 Å². The molecule has 0 bridgehead atoms. The van der Waals surface area contributed by atoms with Gasteiger partial charge in [-0.2, -0.15) is 10.1 Å². The third kappa shape index (κ3) is 4.83. The molecule has 0 aliphatic carbocycles. The van der Waals surface area contributed by atoms with Crippen LogP contribution in [0.1, 0.15) is 12.8 Å². The Balaban J connectivity index is 0.000000706. The lowest BCUT2D eigenvalue weighted by Gasteiger charge is -2.31. The summed E-state index contributed by atoms with van der Waals surface area (Å²) in [6.07, 6.45) is 4.98. The van der Waals surface area contributed by atoms with Crippen molar-refractivity contribution in [3.05, 3.63) is 48.8 Å². The van der Waals surface area contributed by atoms with E-state index in [0.717, 1.165) is 42.1 Å². The first kappa shape index (κ1) is 19.3. The number of nitrogens with one attached hydrogen (secondary N) is 2. The fourth-order valence-corrected chi connectivity index (χ4v) is 3.07. The molecule has 3 aromatic rings. The van der Waals surface area contributed by atoms with Crippen LogP contribution in [0.2, 0.25) is 0 Å². The van der Waals surface area contributed by atoms with Crippen LogP contribution in [0.3, 0.4) is 0 Å². The van der Waals surface area contributed by atoms with Crippen molar-refractivity contribution in [1.82, 2.24) is 20.2 Å². The van der Waals surface area contributed by atoms with Crippen LogP contribution in [0, 0.1) is 0 Å². The number of piperidine rings is 1. The zero-order chi connectivity index (χ0) is 19.8. The average Bonchev–Trinajstić information content (AvgIpc) is 3.18. The molecule has 1 aromatic carbocycles. The summed E-state index contributed by atoms with van der Waals surface area (Å²) in [5, 5.41) is 27.1. The van der Waals surface area contributed by atoms with Crippen LogP contribution in [0.5, 0.6) is 0 Å². The Bertz CT molecular complexity index is 886. The Morgan fingerprint density at radius 2 is 2.04 bits per heavy atom. The summed E-state index contributed by atoms with van der Waals surface area (Å²) in [5.41, 5.74) is 2.75. The predicted molar refractivity (Wildman–Crippen MR) is 105 cm³/mol. The number of anilines is 3. The lowest BCUT2D eigenvalue weighted by atomic mass is 10.1. The van der Waals surface area contributed by atoms with Gasteiger partial charge in [-0.25, -0.2) is 4.98 Å². The molecule has 3 heterocycles. The molecular formula is C19H22N6O3. The Kier molecular flexibility index (Phi) is 6.53. The van der Waals surface area contributed by atoms with Gasteiger partial charge in [0.25, 0.3) is 6.47 Å². The highest BCUT2D eigenvalue weighted by atomic mass is 16.3. The number of aromatic amines is 1. The third-order valence-electron chi connectivity index (χ3n) is 4.31. The maximum Gasteiger partial charge on any atom is 0.290 e. The molecule has 28 heavy (non-hydrogen) atoms. The molecule has 9 nitrogen and oxygen atoms in total. The summed E-state index contributed by atoms with van der Waals surface area (Å²) in [6, 6.07) is 11.9. The van der Waals surface area contributed by atoms with E-state index >= 15 is 0 Å². The van der Waals surface area contributed by atoms with Crippen molar-refractivity contribution in [1.29, 1.82) is 0 Å². The molecule has 1 atom stereocenters. The van der Waals surface area contributed by atoms with E-state index < -0.39 is 0 Å². The lowest BCUT2D eigenvalue weighted by Crippen LogP contribution is -2.38. The summed E-state index contributed by atoms with van der Waals surface area (Å²) in [5.74, 6) is 1.33. The molecule has 4 N–H and O–H groups in total. The molecule has 9 heteroatoms. The normalized spacial score (nSPS) is 16.0. The molecule has 1 fully saturated rings. The van der Waals surface area contributed by atoms with Gasteiger partial charge in [0.15, 0.2) is 0 Å². The maximum atomic E-state index is 9.87. The number of hydrogen-bond donors (Lipinski definition) is 4. The van der Waals surface area contributed by atoms with E-state index in [-0.39, 0.29) is 12.6 Å². The highest BCUT2D eigenvalue weighted by Crippen LogP contribution is 2.27. The fourth-order valence-electron chi connectivity index (χ4n) is 3.07. The standard InChI is InChI=1S/C18H20N6O.CH2O2/c25-14-7-4-10-24(12-14)16-8-9-19-18(22-16)21-15-11-20-23-17(15)13-5-2-1-3-6-13;2-1-3/h1-3,5-6,8-9,11,14,25H,4,7,10,12H2,(H,20,23)(H,19,21,22);1H,(H,2,3). The number of hydrogen-bond acceptors (Lipinski definition) is 7. The van der Waals surface area contributed by atoms with Crippen molar-refractivity contribution >= 4 is 23.9 Å². The van der Waals surface area contributed by atoms with Gasteiger partial charge >= 0.3 is 0 Å². The van der Waals surface area contributed by atoms with Gasteiger partial charge < -0.3 is 20.4 Å². The fraction of sp³-hybridized carbons (Fsp3) is 0.263. The molecule has 0 saturated carbocycles. The highest BCUT2D eigenvalue weighted by Gasteiger charge is 2.19. The van der Waals surface area contributed by atoms with E-state index in [2.05, 4.69) is 30.4 Å². The first-order valence-electron chi connectivity index (χ1n) is 8.91. The van der Waals surface area contributed by atoms with Crippen LogP contribution in [0.15, 0.2) is 48.8 Å². The monoisotopic (exact) mass is 382 g/mol. The van der Waals surface area contributed by atoms with Crippen molar-refractivity contribution in [3.63, 3.8) is 0 Å². The quantitative estimate of drug-likeness (QED) is 0.506. The van der Waals surface area contributed by atoms with E-state index in [1.165, 1.54) is 0 Å².